The average Bonchev–Trinajstić information content (AvgIpc) is 2.32. The van der Waals surface area contributed by atoms with Crippen LogP contribution in [0, 0.1) is 0 Å². The molecule has 1 aromatic rings. The van der Waals surface area contributed by atoms with Crippen LogP contribution in [0.4, 0.5) is 0 Å². The summed E-state index contributed by atoms with van der Waals surface area (Å²) >= 11 is 0. The van der Waals surface area contributed by atoms with Crippen molar-refractivity contribution in [3.8, 4) is 0 Å². The average molecular weight is 256 g/mol. The van der Waals surface area contributed by atoms with Crippen molar-refractivity contribution in [1.29, 1.82) is 0 Å². The molecule has 0 radical (unpaired) electrons. The highest BCUT2D eigenvalue weighted by molar-refractivity contribution is 5.85. The Hall–Kier alpha value is -0.900. The van der Waals surface area contributed by atoms with Crippen LogP contribution in [-0.4, -0.2) is 17.9 Å². The molecule has 0 saturated heterocycles. The molecular formula is C13H18ClNO2. The Morgan fingerprint density at radius 3 is 2.71 bits per heavy atom. The highest BCUT2D eigenvalue weighted by atomic mass is 35.5. The Labute approximate surface area is 108 Å². The van der Waals surface area contributed by atoms with Gasteiger partial charge in [-0.2, -0.15) is 0 Å². The van der Waals surface area contributed by atoms with E-state index >= 15 is 0 Å². The quantitative estimate of drug-likeness (QED) is 0.900. The minimum absolute atomic E-state index is 0. The first-order valence-corrected chi connectivity index (χ1v) is 5.71. The third-order valence-corrected chi connectivity index (χ3v) is 2.99. The molecule has 17 heavy (non-hydrogen) atoms. The summed E-state index contributed by atoms with van der Waals surface area (Å²) in [6.07, 6.45) is 2.28. The summed E-state index contributed by atoms with van der Waals surface area (Å²) in [7, 11) is 0. The van der Waals surface area contributed by atoms with Crippen molar-refractivity contribution in [2.24, 2.45) is 5.73 Å². The van der Waals surface area contributed by atoms with Gasteiger partial charge in [-0.1, -0.05) is 30.3 Å². The molecule has 0 aromatic heterocycles. The molecule has 1 aliphatic carbocycles. The number of hydrogen-bond donors (Lipinski definition) is 1. The number of nitrogens with two attached hydrogens (primary N) is 1. The van der Waals surface area contributed by atoms with E-state index in [9.17, 15) is 4.79 Å². The van der Waals surface area contributed by atoms with Gasteiger partial charge in [0.05, 0.1) is 18.8 Å². The first-order valence-electron chi connectivity index (χ1n) is 5.71. The lowest BCUT2D eigenvalue weighted by Crippen LogP contribution is -2.46. The van der Waals surface area contributed by atoms with Gasteiger partial charge in [-0.3, -0.25) is 4.79 Å². The Kier molecular flexibility index (Phi) is 5.62. The van der Waals surface area contributed by atoms with Gasteiger partial charge >= 0.3 is 0 Å². The molecule has 0 spiro atoms. The van der Waals surface area contributed by atoms with Crippen molar-refractivity contribution in [2.75, 3.05) is 0 Å². The number of carbonyl (C=O) groups excluding carboxylic acids is 1. The second-order valence-electron chi connectivity index (χ2n) is 4.22. The largest absolute Gasteiger partial charge is 0.371 e. The van der Waals surface area contributed by atoms with Gasteiger partial charge in [-0.05, 0) is 18.4 Å². The number of benzene rings is 1. The van der Waals surface area contributed by atoms with Gasteiger partial charge in [0, 0.05) is 6.42 Å². The fraction of sp³-hybridized carbons (Fsp3) is 0.462. The first-order chi connectivity index (χ1) is 7.77. The second kappa shape index (κ2) is 6.74. The minimum Gasteiger partial charge on any atom is -0.371 e. The summed E-state index contributed by atoms with van der Waals surface area (Å²) in [5, 5.41) is 0. The minimum atomic E-state index is -0.433. The molecule has 2 atom stereocenters. The van der Waals surface area contributed by atoms with Gasteiger partial charge in [0.2, 0.25) is 0 Å². The summed E-state index contributed by atoms with van der Waals surface area (Å²) in [4.78, 5) is 11.4. The monoisotopic (exact) mass is 255 g/mol. The highest BCUT2D eigenvalue weighted by Gasteiger charge is 2.29. The van der Waals surface area contributed by atoms with Crippen LogP contribution in [0.5, 0.6) is 0 Å². The van der Waals surface area contributed by atoms with Crippen molar-refractivity contribution < 1.29 is 9.53 Å². The zero-order valence-electron chi connectivity index (χ0n) is 9.67. The van der Waals surface area contributed by atoms with E-state index in [-0.39, 0.29) is 24.3 Å². The zero-order valence-corrected chi connectivity index (χ0v) is 10.5. The molecule has 1 aromatic carbocycles. The van der Waals surface area contributed by atoms with Crippen LogP contribution in [0.15, 0.2) is 30.3 Å². The first kappa shape index (κ1) is 14.2. The molecule has 2 N–H and O–H groups in total. The van der Waals surface area contributed by atoms with Gasteiger partial charge < -0.3 is 10.5 Å². The van der Waals surface area contributed by atoms with E-state index in [2.05, 4.69) is 0 Å². The predicted molar refractivity (Wildman–Crippen MR) is 69.1 cm³/mol. The summed E-state index contributed by atoms with van der Waals surface area (Å²) in [5.41, 5.74) is 6.93. The van der Waals surface area contributed by atoms with E-state index in [1.54, 1.807) is 0 Å². The van der Waals surface area contributed by atoms with Crippen molar-refractivity contribution >= 4 is 18.2 Å². The number of Topliss-reactive ketones (excluding diaryl/α,β-unsaturated/α-hetero) is 1. The Bertz CT molecular complexity index is 356. The maximum absolute atomic E-state index is 11.4. The molecular weight excluding hydrogens is 238 g/mol. The van der Waals surface area contributed by atoms with Gasteiger partial charge in [0.25, 0.3) is 0 Å². The SMILES string of the molecule is Cl.NC1C(=O)CCCC1OCc1ccccc1. The predicted octanol–water partition coefficient (Wildman–Crippen LogP) is 2.07. The molecule has 94 valence electrons. The maximum atomic E-state index is 11.4. The number of halogens is 1. The molecule has 1 saturated carbocycles. The number of ether oxygens (including phenoxy) is 1. The normalized spacial score (nSPS) is 24.2. The third kappa shape index (κ3) is 3.80. The third-order valence-electron chi connectivity index (χ3n) is 2.99. The molecule has 0 bridgehead atoms. The van der Waals surface area contributed by atoms with E-state index in [1.165, 1.54) is 0 Å². The Morgan fingerprint density at radius 1 is 1.29 bits per heavy atom. The van der Waals surface area contributed by atoms with Gasteiger partial charge in [0.1, 0.15) is 0 Å². The Balaban J connectivity index is 0.00000144. The van der Waals surface area contributed by atoms with E-state index in [0.29, 0.717) is 13.0 Å². The van der Waals surface area contributed by atoms with Crippen molar-refractivity contribution in [1.82, 2.24) is 0 Å². The standard InChI is InChI=1S/C13H17NO2.ClH/c14-13-11(15)7-4-8-12(13)16-9-10-5-2-1-3-6-10;/h1-3,5-6,12-13H,4,7-9,14H2;1H. The number of rotatable bonds is 3. The molecule has 1 fully saturated rings. The van der Waals surface area contributed by atoms with Crippen LogP contribution in [0.2, 0.25) is 0 Å². The molecule has 3 nitrogen and oxygen atoms in total. The maximum Gasteiger partial charge on any atom is 0.152 e. The Morgan fingerprint density at radius 2 is 2.00 bits per heavy atom. The lowest BCUT2D eigenvalue weighted by atomic mass is 9.92. The zero-order chi connectivity index (χ0) is 11.4. The van der Waals surface area contributed by atoms with Crippen LogP contribution in [0.25, 0.3) is 0 Å². The number of hydrogen-bond acceptors (Lipinski definition) is 3. The van der Waals surface area contributed by atoms with Crippen LogP contribution in [-0.2, 0) is 16.1 Å². The summed E-state index contributed by atoms with van der Waals surface area (Å²) < 4.78 is 5.71. The molecule has 0 heterocycles. The fourth-order valence-electron chi connectivity index (χ4n) is 2.00. The second-order valence-corrected chi connectivity index (χ2v) is 4.22. The summed E-state index contributed by atoms with van der Waals surface area (Å²) in [5.74, 6) is 0.129. The molecule has 0 aliphatic heterocycles. The van der Waals surface area contributed by atoms with Crippen LogP contribution < -0.4 is 5.73 Å². The summed E-state index contributed by atoms with van der Waals surface area (Å²) in [6.45, 7) is 0.534. The molecule has 2 rings (SSSR count). The fourth-order valence-corrected chi connectivity index (χ4v) is 2.00. The number of carbonyl (C=O) groups is 1. The van der Waals surface area contributed by atoms with E-state index in [4.69, 9.17) is 10.5 Å². The summed E-state index contributed by atoms with van der Waals surface area (Å²) in [6, 6.07) is 9.51. The smallest absolute Gasteiger partial charge is 0.152 e. The van der Waals surface area contributed by atoms with Crippen molar-refractivity contribution in [3.63, 3.8) is 0 Å². The van der Waals surface area contributed by atoms with Gasteiger partial charge in [0.15, 0.2) is 5.78 Å². The van der Waals surface area contributed by atoms with E-state index < -0.39 is 6.04 Å². The molecule has 1 aliphatic rings. The molecule has 4 heteroatoms. The van der Waals surface area contributed by atoms with Crippen LogP contribution >= 0.6 is 12.4 Å². The number of ketones is 1. The van der Waals surface area contributed by atoms with Gasteiger partial charge in [-0.25, -0.2) is 0 Å². The van der Waals surface area contributed by atoms with Crippen molar-refractivity contribution in [2.45, 2.75) is 38.0 Å². The molecule has 2 unspecified atom stereocenters. The van der Waals surface area contributed by atoms with E-state index in [0.717, 1.165) is 18.4 Å². The van der Waals surface area contributed by atoms with Crippen LogP contribution in [0.1, 0.15) is 24.8 Å². The lowest BCUT2D eigenvalue weighted by molar-refractivity contribution is -0.127. The van der Waals surface area contributed by atoms with Crippen LogP contribution in [0.3, 0.4) is 0 Å². The molecule has 0 amide bonds. The van der Waals surface area contributed by atoms with Gasteiger partial charge in [-0.15, -0.1) is 12.4 Å². The highest BCUT2D eigenvalue weighted by Crippen LogP contribution is 2.18. The topological polar surface area (TPSA) is 52.3 Å². The lowest BCUT2D eigenvalue weighted by Gasteiger charge is -2.27. The van der Waals surface area contributed by atoms with E-state index in [1.807, 2.05) is 30.3 Å². The van der Waals surface area contributed by atoms with Crippen molar-refractivity contribution in [3.05, 3.63) is 35.9 Å².